The van der Waals surface area contributed by atoms with E-state index < -0.39 is 11.9 Å². The van der Waals surface area contributed by atoms with Crippen LogP contribution in [0.2, 0.25) is 15.1 Å². The minimum Gasteiger partial charge on any atom is -0.340 e. The van der Waals surface area contributed by atoms with E-state index in [4.69, 9.17) is 34.8 Å². The molecule has 0 aromatic heterocycles. The summed E-state index contributed by atoms with van der Waals surface area (Å²) in [6.07, 6.45) is 2.42. The Balaban J connectivity index is 2.15. The Bertz CT molecular complexity index is 846. The van der Waals surface area contributed by atoms with Gasteiger partial charge in [-0.2, -0.15) is 11.8 Å². The van der Waals surface area contributed by atoms with Gasteiger partial charge in [0, 0.05) is 15.7 Å². The number of amides is 2. The molecule has 0 aliphatic rings. The van der Waals surface area contributed by atoms with Crippen molar-refractivity contribution < 1.29 is 9.59 Å². The number of carbonyl (C=O) groups excluding carboxylic acids is 2. The first-order valence-electron chi connectivity index (χ1n) is 8.13. The number of carbonyl (C=O) groups is 2. The lowest BCUT2D eigenvalue weighted by atomic mass is 10.1. The summed E-state index contributed by atoms with van der Waals surface area (Å²) in [6.45, 7) is 1.85. The van der Waals surface area contributed by atoms with Gasteiger partial charge in [-0.15, -0.1) is 0 Å². The Morgan fingerprint density at radius 1 is 1.07 bits per heavy atom. The maximum atomic E-state index is 12.7. The van der Waals surface area contributed by atoms with E-state index in [-0.39, 0.29) is 16.5 Å². The summed E-state index contributed by atoms with van der Waals surface area (Å²) in [6, 6.07) is 9.11. The summed E-state index contributed by atoms with van der Waals surface area (Å²) in [5, 5.41) is 6.88. The van der Waals surface area contributed by atoms with Crippen molar-refractivity contribution in [3.63, 3.8) is 0 Å². The molecule has 2 amide bonds. The van der Waals surface area contributed by atoms with Gasteiger partial charge in [0.05, 0.1) is 10.6 Å². The Morgan fingerprint density at radius 2 is 1.74 bits per heavy atom. The molecule has 27 heavy (non-hydrogen) atoms. The van der Waals surface area contributed by atoms with Crippen molar-refractivity contribution >= 4 is 64.1 Å². The first-order chi connectivity index (χ1) is 12.8. The third kappa shape index (κ3) is 6.32. The summed E-state index contributed by atoms with van der Waals surface area (Å²) in [7, 11) is 0. The third-order valence-electron chi connectivity index (χ3n) is 3.85. The highest BCUT2D eigenvalue weighted by atomic mass is 35.5. The fourth-order valence-corrected chi connectivity index (χ4v) is 3.59. The Kier molecular flexibility index (Phi) is 8.29. The molecule has 0 spiro atoms. The smallest absolute Gasteiger partial charge is 0.253 e. The maximum absolute atomic E-state index is 12.7. The van der Waals surface area contributed by atoms with E-state index in [9.17, 15) is 9.59 Å². The van der Waals surface area contributed by atoms with Crippen molar-refractivity contribution in [1.29, 1.82) is 0 Å². The van der Waals surface area contributed by atoms with E-state index in [1.165, 1.54) is 12.1 Å². The molecule has 0 saturated heterocycles. The lowest BCUT2D eigenvalue weighted by Gasteiger charge is -2.19. The second-order valence-corrected chi connectivity index (χ2v) is 8.15. The highest BCUT2D eigenvalue weighted by Crippen LogP contribution is 2.22. The molecular weight excluding hydrogens is 427 g/mol. The molecule has 0 saturated carbocycles. The van der Waals surface area contributed by atoms with Gasteiger partial charge in [0.25, 0.3) is 5.91 Å². The highest BCUT2D eigenvalue weighted by Gasteiger charge is 2.23. The normalized spacial score (nSPS) is 11.7. The molecule has 8 heteroatoms. The van der Waals surface area contributed by atoms with Crippen molar-refractivity contribution in [2.24, 2.45) is 0 Å². The van der Waals surface area contributed by atoms with E-state index >= 15 is 0 Å². The van der Waals surface area contributed by atoms with Gasteiger partial charge in [0.15, 0.2) is 0 Å². The summed E-state index contributed by atoms with van der Waals surface area (Å²) < 4.78 is 0. The van der Waals surface area contributed by atoms with Gasteiger partial charge >= 0.3 is 0 Å². The Hall–Kier alpha value is -1.40. The van der Waals surface area contributed by atoms with E-state index in [0.717, 1.165) is 5.56 Å². The first kappa shape index (κ1) is 21.9. The minimum atomic E-state index is -0.702. The molecule has 0 heterocycles. The topological polar surface area (TPSA) is 58.2 Å². The standard InChI is InChI=1S/C19H19Cl3N2O2S/c1-11-9-12(20)4-6-16(11)23-19(26)17(7-8-27-2)24-18(25)14-5-3-13(21)10-15(14)22/h3-6,9-10,17H,7-8H2,1-2H3,(H,23,26)(H,24,25). The largest absolute Gasteiger partial charge is 0.340 e. The van der Waals surface area contributed by atoms with Crippen LogP contribution in [-0.2, 0) is 4.79 Å². The van der Waals surface area contributed by atoms with Crippen molar-refractivity contribution in [3.05, 3.63) is 62.6 Å². The van der Waals surface area contributed by atoms with Crippen LogP contribution in [0.3, 0.4) is 0 Å². The van der Waals surface area contributed by atoms with Crippen molar-refractivity contribution in [2.45, 2.75) is 19.4 Å². The summed E-state index contributed by atoms with van der Waals surface area (Å²) in [5.41, 5.74) is 1.76. The summed E-state index contributed by atoms with van der Waals surface area (Å²) in [4.78, 5) is 25.3. The lowest BCUT2D eigenvalue weighted by molar-refractivity contribution is -0.118. The van der Waals surface area contributed by atoms with Crippen LogP contribution < -0.4 is 10.6 Å². The van der Waals surface area contributed by atoms with Gasteiger partial charge in [-0.3, -0.25) is 9.59 Å². The van der Waals surface area contributed by atoms with Crippen LogP contribution >= 0.6 is 46.6 Å². The second kappa shape index (κ2) is 10.2. The average Bonchev–Trinajstić information content (AvgIpc) is 2.60. The summed E-state index contributed by atoms with van der Waals surface area (Å²) >= 11 is 19.5. The molecule has 2 aromatic carbocycles. The molecule has 4 nitrogen and oxygen atoms in total. The summed E-state index contributed by atoms with van der Waals surface area (Å²) in [5.74, 6) is -0.00887. The molecule has 144 valence electrons. The number of rotatable bonds is 7. The van der Waals surface area contributed by atoms with E-state index in [0.29, 0.717) is 27.9 Å². The quantitative estimate of drug-likeness (QED) is 0.596. The zero-order valence-corrected chi connectivity index (χ0v) is 17.9. The third-order valence-corrected chi connectivity index (χ3v) is 5.28. The lowest BCUT2D eigenvalue weighted by Crippen LogP contribution is -2.44. The number of hydrogen-bond acceptors (Lipinski definition) is 3. The molecule has 0 radical (unpaired) electrons. The molecule has 0 bridgehead atoms. The predicted octanol–water partition coefficient (Wildman–Crippen LogP) is 5.45. The maximum Gasteiger partial charge on any atom is 0.253 e. The number of hydrogen-bond donors (Lipinski definition) is 2. The molecule has 0 aliphatic carbocycles. The minimum absolute atomic E-state index is 0.234. The van der Waals surface area contributed by atoms with Crippen molar-refractivity contribution in [1.82, 2.24) is 5.32 Å². The molecule has 2 rings (SSSR count). The SMILES string of the molecule is CSCCC(NC(=O)c1ccc(Cl)cc1Cl)C(=O)Nc1ccc(Cl)cc1C. The molecule has 1 atom stereocenters. The Morgan fingerprint density at radius 3 is 2.37 bits per heavy atom. The molecule has 1 unspecified atom stereocenters. The number of aryl methyl sites for hydroxylation is 1. The van der Waals surface area contributed by atoms with E-state index in [2.05, 4.69) is 10.6 Å². The molecule has 0 aliphatic heterocycles. The number of thioether (sulfide) groups is 1. The van der Waals surface area contributed by atoms with Gasteiger partial charge in [-0.1, -0.05) is 34.8 Å². The van der Waals surface area contributed by atoms with Crippen LogP contribution in [0.1, 0.15) is 22.3 Å². The number of nitrogens with one attached hydrogen (secondary N) is 2. The van der Waals surface area contributed by atoms with Gasteiger partial charge in [0.1, 0.15) is 6.04 Å². The Labute approximate surface area is 177 Å². The predicted molar refractivity (Wildman–Crippen MR) is 116 cm³/mol. The first-order valence-corrected chi connectivity index (χ1v) is 10.7. The monoisotopic (exact) mass is 444 g/mol. The van der Waals surface area contributed by atoms with Crippen LogP contribution in [-0.4, -0.2) is 29.9 Å². The molecule has 2 N–H and O–H groups in total. The zero-order chi connectivity index (χ0) is 20.0. The van der Waals surface area contributed by atoms with Crippen LogP contribution in [0.15, 0.2) is 36.4 Å². The van der Waals surface area contributed by atoms with Crippen LogP contribution in [0.25, 0.3) is 0 Å². The van der Waals surface area contributed by atoms with Gasteiger partial charge in [-0.25, -0.2) is 0 Å². The van der Waals surface area contributed by atoms with Crippen molar-refractivity contribution in [3.8, 4) is 0 Å². The van der Waals surface area contributed by atoms with Gasteiger partial charge in [-0.05, 0) is 67.3 Å². The van der Waals surface area contributed by atoms with E-state index in [1.54, 1.807) is 36.0 Å². The molecular formula is C19H19Cl3N2O2S. The van der Waals surface area contributed by atoms with Crippen LogP contribution in [0.5, 0.6) is 0 Å². The van der Waals surface area contributed by atoms with Crippen LogP contribution in [0, 0.1) is 6.92 Å². The number of halogens is 3. The van der Waals surface area contributed by atoms with Crippen molar-refractivity contribution in [2.75, 3.05) is 17.3 Å². The zero-order valence-electron chi connectivity index (χ0n) is 14.8. The van der Waals surface area contributed by atoms with Gasteiger partial charge in [0.2, 0.25) is 5.91 Å². The number of anilines is 1. The fraction of sp³-hybridized carbons (Fsp3) is 0.263. The van der Waals surface area contributed by atoms with Crippen LogP contribution in [0.4, 0.5) is 5.69 Å². The van der Waals surface area contributed by atoms with E-state index in [1.807, 2.05) is 13.2 Å². The number of benzene rings is 2. The van der Waals surface area contributed by atoms with Gasteiger partial charge < -0.3 is 10.6 Å². The highest BCUT2D eigenvalue weighted by molar-refractivity contribution is 7.98. The molecule has 2 aromatic rings. The fourth-order valence-electron chi connectivity index (χ4n) is 2.40. The second-order valence-electron chi connectivity index (χ2n) is 5.88. The average molecular weight is 446 g/mol. The molecule has 0 fully saturated rings.